The third-order valence-electron chi connectivity index (χ3n) is 5.13. The number of halogens is 1. The first-order valence-corrected chi connectivity index (χ1v) is 9.64. The summed E-state index contributed by atoms with van der Waals surface area (Å²) in [6.45, 7) is 6.07. The highest BCUT2D eigenvalue weighted by Crippen LogP contribution is 2.36. The minimum Gasteiger partial charge on any atom is -0.378 e. The summed E-state index contributed by atoms with van der Waals surface area (Å²) in [6.07, 6.45) is 0. The molecule has 0 bridgehead atoms. The van der Waals surface area contributed by atoms with E-state index in [1.807, 2.05) is 43.0 Å². The Kier molecular flexibility index (Phi) is 4.96. The van der Waals surface area contributed by atoms with Crippen LogP contribution in [0.15, 0.2) is 48.2 Å². The SMILES string of the molecule is Cc1ccc(C2=C(N3CCOCC3)C(=O)N(c3ccc(Cl)cc3C)C2=O)cc1. The average Bonchev–Trinajstić information content (AvgIpc) is 2.94. The predicted molar refractivity (Wildman–Crippen MR) is 109 cm³/mol. The second-order valence-corrected chi connectivity index (χ2v) is 7.50. The molecule has 5 nitrogen and oxygen atoms in total. The van der Waals surface area contributed by atoms with Gasteiger partial charge in [-0.15, -0.1) is 0 Å². The van der Waals surface area contributed by atoms with Crippen molar-refractivity contribution < 1.29 is 14.3 Å². The number of ether oxygens (including phenoxy) is 1. The van der Waals surface area contributed by atoms with E-state index in [0.717, 1.165) is 16.7 Å². The Morgan fingerprint density at radius 3 is 2.25 bits per heavy atom. The summed E-state index contributed by atoms with van der Waals surface area (Å²) in [6, 6.07) is 12.9. The first kappa shape index (κ1) is 18.7. The average molecular weight is 397 g/mol. The molecule has 2 heterocycles. The van der Waals surface area contributed by atoms with E-state index >= 15 is 0 Å². The molecule has 6 heteroatoms. The maximum Gasteiger partial charge on any atom is 0.282 e. The van der Waals surface area contributed by atoms with Crippen LogP contribution in [0.1, 0.15) is 16.7 Å². The zero-order valence-corrected chi connectivity index (χ0v) is 16.6. The molecule has 1 fully saturated rings. The van der Waals surface area contributed by atoms with Crippen molar-refractivity contribution in [1.82, 2.24) is 4.90 Å². The molecule has 0 aliphatic carbocycles. The van der Waals surface area contributed by atoms with E-state index in [0.29, 0.717) is 48.3 Å². The Morgan fingerprint density at radius 2 is 1.61 bits per heavy atom. The number of hydrogen-bond acceptors (Lipinski definition) is 4. The number of anilines is 1. The normalized spacial score (nSPS) is 17.7. The Bertz CT molecular complexity index is 976. The molecule has 2 aliphatic heterocycles. The summed E-state index contributed by atoms with van der Waals surface area (Å²) >= 11 is 6.07. The van der Waals surface area contributed by atoms with Crippen molar-refractivity contribution >= 4 is 34.7 Å². The van der Waals surface area contributed by atoms with Gasteiger partial charge in [-0.25, -0.2) is 4.90 Å². The van der Waals surface area contributed by atoms with Gasteiger partial charge < -0.3 is 9.64 Å². The van der Waals surface area contributed by atoms with Crippen LogP contribution < -0.4 is 4.90 Å². The van der Waals surface area contributed by atoms with Gasteiger partial charge in [0.25, 0.3) is 11.8 Å². The van der Waals surface area contributed by atoms with E-state index in [1.54, 1.807) is 18.2 Å². The molecule has 2 aromatic carbocycles. The lowest BCUT2D eigenvalue weighted by molar-refractivity contribution is -0.121. The van der Waals surface area contributed by atoms with Crippen LogP contribution in [0.2, 0.25) is 5.02 Å². The fourth-order valence-electron chi connectivity index (χ4n) is 3.67. The van der Waals surface area contributed by atoms with Crippen LogP contribution in [0, 0.1) is 13.8 Å². The van der Waals surface area contributed by atoms with Gasteiger partial charge in [0.15, 0.2) is 0 Å². The van der Waals surface area contributed by atoms with Gasteiger partial charge >= 0.3 is 0 Å². The Morgan fingerprint density at radius 1 is 0.929 bits per heavy atom. The molecule has 2 aliphatic rings. The zero-order valence-electron chi connectivity index (χ0n) is 15.9. The van der Waals surface area contributed by atoms with E-state index < -0.39 is 0 Å². The van der Waals surface area contributed by atoms with Crippen LogP contribution in [0.4, 0.5) is 5.69 Å². The largest absolute Gasteiger partial charge is 0.378 e. The smallest absolute Gasteiger partial charge is 0.282 e. The molecular formula is C22H21ClN2O3. The van der Waals surface area contributed by atoms with Crippen LogP contribution in [-0.4, -0.2) is 43.0 Å². The van der Waals surface area contributed by atoms with Crippen LogP contribution in [0.5, 0.6) is 0 Å². The molecule has 4 rings (SSSR count). The van der Waals surface area contributed by atoms with E-state index in [-0.39, 0.29) is 11.8 Å². The molecule has 0 atom stereocenters. The molecule has 0 radical (unpaired) electrons. The molecular weight excluding hydrogens is 376 g/mol. The van der Waals surface area contributed by atoms with Crippen molar-refractivity contribution in [3.05, 3.63) is 69.9 Å². The van der Waals surface area contributed by atoms with E-state index in [4.69, 9.17) is 16.3 Å². The molecule has 144 valence electrons. The highest BCUT2D eigenvalue weighted by molar-refractivity contribution is 6.45. The molecule has 1 saturated heterocycles. The minimum atomic E-state index is -0.305. The second-order valence-electron chi connectivity index (χ2n) is 7.07. The summed E-state index contributed by atoms with van der Waals surface area (Å²) in [4.78, 5) is 30.1. The maximum atomic E-state index is 13.4. The van der Waals surface area contributed by atoms with Gasteiger partial charge in [-0.3, -0.25) is 9.59 Å². The lowest BCUT2D eigenvalue weighted by atomic mass is 10.0. The van der Waals surface area contributed by atoms with Gasteiger partial charge in [0, 0.05) is 18.1 Å². The van der Waals surface area contributed by atoms with Crippen LogP contribution in [0.25, 0.3) is 5.57 Å². The number of hydrogen-bond donors (Lipinski definition) is 0. The van der Waals surface area contributed by atoms with Crippen LogP contribution in [-0.2, 0) is 14.3 Å². The van der Waals surface area contributed by atoms with Crippen molar-refractivity contribution in [2.24, 2.45) is 0 Å². The number of aryl methyl sites for hydroxylation is 2. The third kappa shape index (κ3) is 3.21. The topological polar surface area (TPSA) is 49.9 Å². The monoisotopic (exact) mass is 396 g/mol. The van der Waals surface area contributed by atoms with E-state index in [9.17, 15) is 9.59 Å². The summed E-state index contributed by atoms with van der Waals surface area (Å²) in [7, 11) is 0. The molecule has 28 heavy (non-hydrogen) atoms. The number of nitrogens with zero attached hydrogens (tertiary/aromatic N) is 2. The summed E-state index contributed by atoms with van der Waals surface area (Å²) in [5.41, 5.74) is 4.08. The molecule has 2 aromatic rings. The fourth-order valence-corrected chi connectivity index (χ4v) is 3.89. The highest BCUT2D eigenvalue weighted by Gasteiger charge is 2.43. The summed E-state index contributed by atoms with van der Waals surface area (Å²) in [5.74, 6) is -0.603. The highest BCUT2D eigenvalue weighted by atomic mass is 35.5. The number of imide groups is 1. The van der Waals surface area contributed by atoms with Crippen LogP contribution in [0.3, 0.4) is 0 Å². The first-order valence-electron chi connectivity index (χ1n) is 9.26. The minimum absolute atomic E-state index is 0.298. The summed E-state index contributed by atoms with van der Waals surface area (Å²) < 4.78 is 5.43. The Balaban J connectivity index is 1.84. The molecule has 2 amide bonds. The number of carbonyl (C=O) groups is 2. The number of amides is 2. The van der Waals surface area contributed by atoms with E-state index in [2.05, 4.69) is 0 Å². The lowest BCUT2D eigenvalue weighted by Gasteiger charge is -2.29. The van der Waals surface area contributed by atoms with E-state index in [1.165, 1.54) is 4.90 Å². The molecule has 0 aromatic heterocycles. The van der Waals surface area contributed by atoms with Crippen molar-refractivity contribution in [2.75, 3.05) is 31.2 Å². The molecule has 0 unspecified atom stereocenters. The van der Waals surface area contributed by atoms with Gasteiger partial charge in [-0.1, -0.05) is 41.4 Å². The van der Waals surface area contributed by atoms with Gasteiger partial charge in [0.05, 0.1) is 24.5 Å². The fraction of sp³-hybridized carbons (Fsp3) is 0.273. The number of morpholine rings is 1. The van der Waals surface area contributed by atoms with Gasteiger partial charge in [-0.2, -0.15) is 0 Å². The van der Waals surface area contributed by atoms with Gasteiger partial charge in [0.2, 0.25) is 0 Å². The molecule has 0 N–H and O–H groups in total. The zero-order chi connectivity index (χ0) is 19.8. The van der Waals surface area contributed by atoms with Crippen molar-refractivity contribution in [3.8, 4) is 0 Å². The van der Waals surface area contributed by atoms with Crippen molar-refractivity contribution in [1.29, 1.82) is 0 Å². The van der Waals surface area contributed by atoms with Crippen molar-refractivity contribution in [3.63, 3.8) is 0 Å². The third-order valence-corrected chi connectivity index (χ3v) is 5.36. The van der Waals surface area contributed by atoms with Crippen molar-refractivity contribution in [2.45, 2.75) is 13.8 Å². The predicted octanol–water partition coefficient (Wildman–Crippen LogP) is 3.57. The van der Waals surface area contributed by atoms with Gasteiger partial charge in [-0.05, 0) is 43.2 Å². The quantitative estimate of drug-likeness (QED) is 0.744. The maximum absolute atomic E-state index is 13.4. The Labute approximate surface area is 169 Å². The number of rotatable bonds is 3. The number of carbonyl (C=O) groups excluding carboxylic acids is 2. The number of benzene rings is 2. The standard InChI is InChI=1S/C22H21ClN2O3/c1-14-3-5-16(6-4-14)19-20(24-9-11-28-12-10-24)22(27)25(21(19)26)18-8-7-17(23)13-15(18)2/h3-8,13H,9-12H2,1-2H3. The first-order chi connectivity index (χ1) is 13.5. The molecule has 0 spiro atoms. The second kappa shape index (κ2) is 7.41. The van der Waals surface area contributed by atoms with Gasteiger partial charge in [0.1, 0.15) is 5.70 Å². The summed E-state index contributed by atoms with van der Waals surface area (Å²) in [5, 5.41) is 0.570. The lowest BCUT2D eigenvalue weighted by Crippen LogP contribution is -2.40. The Hall–Kier alpha value is -2.63. The van der Waals surface area contributed by atoms with Crippen LogP contribution >= 0.6 is 11.6 Å². The molecule has 0 saturated carbocycles.